The number of rotatable bonds is 7. The molecule has 0 bridgehead atoms. The molecule has 4 heteroatoms. The van der Waals surface area contributed by atoms with Crippen LogP contribution in [0.3, 0.4) is 0 Å². The lowest BCUT2D eigenvalue weighted by Gasteiger charge is -2.17. The van der Waals surface area contributed by atoms with Crippen LogP contribution in [0.15, 0.2) is 54.6 Å². The lowest BCUT2D eigenvalue weighted by atomic mass is 10.1. The average Bonchev–Trinajstić information content (AvgIpc) is 2.49. The van der Waals surface area contributed by atoms with Crippen molar-refractivity contribution < 1.29 is 14.6 Å². The Morgan fingerprint density at radius 2 is 1.76 bits per heavy atom. The summed E-state index contributed by atoms with van der Waals surface area (Å²) in [6.45, 7) is 2.18. The molecule has 21 heavy (non-hydrogen) atoms. The molecule has 0 unspecified atom stereocenters. The quantitative estimate of drug-likeness (QED) is 0.850. The van der Waals surface area contributed by atoms with Crippen LogP contribution in [0.4, 0.5) is 0 Å². The Hall–Kier alpha value is -2.33. The lowest BCUT2D eigenvalue weighted by molar-refractivity contribution is 0.0697. The number of nitrogens with zero attached hydrogens (tertiary/aromatic N) is 1. The second-order valence-electron chi connectivity index (χ2n) is 4.90. The minimum absolute atomic E-state index is 0.314. The number of benzene rings is 2. The van der Waals surface area contributed by atoms with Crippen molar-refractivity contribution in [2.45, 2.75) is 6.54 Å². The maximum Gasteiger partial charge on any atom is 0.335 e. The van der Waals surface area contributed by atoms with Crippen molar-refractivity contribution >= 4 is 5.97 Å². The molecule has 0 aliphatic rings. The van der Waals surface area contributed by atoms with Gasteiger partial charge in [0, 0.05) is 13.1 Å². The smallest absolute Gasteiger partial charge is 0.335 e. The number of hydrogen-bond donors (Lipinski definition) is 1. The average molecular weight is 285 g/mol. The molecule has 0 fully saturated rings. The van der Waals surface area contributed by atoms with Gasteiger partial charge < -0.3 is 9.84 Å². The second-order valence-corrected chi connectivity index (χ2v) is 4.90. The van der Waals surface area contributed by atoms with Crippen LogP contribution in [0.1, 0.15) is 15.9 Å². The van der Waals surface area contributed by atoms with Crippen molar-refractivity contribution in [3.05, 3.63) is 65.7 Å². The first-order valence-corrected chi connectivity index (χ1v) is 6.84. The first-order chi connectivity index (χ1) is 10.1. The number of aromatic carboxylic acids is 1. The van der Waals surface area contributed by atoms with Gasteiger partial charge in [-0.1, -0.05) is 30.3 Å². The molecule has 0 aromatic heterocycles. The molecule has 0 radical (unpaired) electrons. The van der Waals surface area contributed by atoms with E-state index in [1.54, 1.807) is 12.1 Å². The van der Waals surface area contributed by atoms with Gasteiger partial charge in [-0.2, -0.15) is 0 Å². The van der Waals surface area contributed by atoms with Crippen LogP contribution in [-0.2, 0) is 6.54 Å². The molecule has 2 rings (SSSR count). The molecule has 2 aromatic carbocycles. The summed E-state index contributed by atoms with van der Waals surface area (Å²) in [4.78, 5) is 12.9. The summed E-state index contributed by atoms with van der Waals surface area (Å²) >= 11 is 0. The van der Waals surface area contributed by atoms with Gasteiger partial charge in [-0.15, -0.1) is 0 Å². The van der Waals surface area contributed by atoms with Crippen LogP contribution in [-0.4, -0.2) is 36.2 Å². The molecule has 4 nitrogen and oxygen atoms in total. The molecule has 110 valence electrons. The van der Waals surface area contributed by atoms with Crippen molar-refractivity contribution in [3.63, 3.8) is 0 Å². The number of carboxylic acids is 1. The summed E-state index contributed by atoms with van der Waals surface area (Å²) in [5.74, 6) is -0.0251. The normalized spacial score (nSPS) is 10.6. The van der Waals surface area contributed by atoms with E-state index in [9.17, 15) is 4.79 Å². The molecular formula is C17H19NO3. The summed E-state index contributed by atoms with van der Waals surface area (Å²) < 4.78 is 5.65. The van der Waals surface area contributed by atoms with Crippen molar-refractivity contribution in [2.24, 2.45) is 0 Å². The molecule has 0 spiro atoms. The van der Waals surface area contributed by atoms with E-state index >= 15 is 0 Å². The number of hydrogen-bond acceptors (Lipinski definition) is 3. The standard InChI is InChI=1S/C17H19NO3/c1-18(11-12-21-16-5-3-2-4-6-16)13-14-7-9-15(10-8-14)17(19)20/h2-10H,11-13H2,1H3,(H,19,20). The van der Waals surface area contributed by atoms with Crippen LogP contribution in [0.25, 0.3) is 0 Å². The highest BCUT2D eigenvalue weighted by Crippen LogP contribution is 2.09. The van der Waals surface area contributed by atoms with E-state index < -0.39 is 5.97 Å². The highest BCUT2D eigenvalue weighted by Gasteiger charge is 2.04. The maximum atomic E-state index is 10.8. The van der Waals surface area contributed by atoms with Crippen molar-refractivity contribution in [1.82, 2.24) is 4.90 Å². The van der Waals surface area contributed by atoms with Crippen LogP contribution in [0.5, 0.6) is 5.75 Å². The zero-order valence-corrected chi connectivity index (χ0v) is 12.0. The molecule has 0 aliphatic heterocycles. The van der Waals surface area contributed by atoms with E-state index in [1.807, 2.05) is 49.5 Å². The van der Waals surface area contributed by atoms with Gasteiger partial charge >= 0.3 is 5.97 Å². The maximum absolute atomic E-state index is 10.8. The Balaban J connectivity index is 1.76. The number of para-hydroxylation sites is 1. The van der Waals surface area contributed by atoms with Gasteiger partial charge in [-0.05, 0) is 36.9 Å². The van der Waals surface area contributed by atoms with Crippen LogP contribution in [0.2, 0.25) is 0 Å². The zero-order valence-electron chi connectivity index (χ0n) is 12.0. The Bertz CT molecular complexity index is 566. The lowest BCUT2D eigenvalue weighted by Crippen LogP contribution is -2.23. The molecule has 0 amide bonds. The van der Waals surface area contributed by atoms with E-state index in [4.69, 9.17) is 9.84 Å². The third kappa shape index (κ3) is 4.93. The fourth-order valence-electron chi connectivity index (χ4n) is 1.98. The largest absolute Gasteiger partial charge is 0.492 e. The summed E-state index contributed by atoms with van der Waals surface area (Å²) in [5.41, 5.74) is 1.40. The number of carbonyl (C=O) groups is 1. The zero-order chi connectivity index (χ0) is 15.1. The monoisotopic (exact) mass is 285 g/mol. The van der Waals surface area contributed by atoms with E-state index in [2.05, 4.69) is 4.90 Å². The van der Waals surface area contributed by atoms with Crippen molar-refractivity contribution in [3.8, 4) is 5.75 Å². The van der Waals surface area contributed by atoms with Gasteiger partial charge in [-0.25, -0.2) is 4.79 Å². The Morgan fingerprint density at radius 3 is 2.38 bits per heavy atom. The molecule has 1 N–H and O–H groups in total. The van der Waals surface area contributed by atoms with Gasteiger partial charge in [0.1, 0.15) is 12.4 Å². The molecule has 0 saturated carbocycles. The highest BCUT2D eigenvalue weighted by molar-refractivity contribution is 5.87. The summed E-state index contributed by atoms with van der Waals surface area (Å²) in [6.07, 6.45) is 0. The summed E-state index contributed by atoms with van der Waals surface area (Å²) in [5, 5.41) is 8.86. The molecule has 0 atom stereocenters. The van der Waals surface area contributed by atoms with Gasteiger partial charge in [0.25, 0.3) is 0 Å². The predicted octanol–water partition coefficient (Wildman–Crippen LogP) is 2.90. The van der Waals surface area contributed by atoms with E-state index in [1.165, 1.54) is 0 Å². The SMILES string of the molecule is CN(CCOc1ccccc1)Cc1ccc(C(=O)O)cc1. The topological polar surface area (TPSA) is 49.8 Å². The Labute approximate surface area is 124 Å². The second kappa shape index (κ2) is 7.45. The fourth-order valence-corrected chi connectivity index (χ4v) is 1.98. The molecular weight excluding hydrogens is 266 g/mol. The molecule has 2 aromatic rings. The summed E-state index contributed by atoms with van der Waals surface area (Å²) in [7, 11) is 2.01. The third-order valence-electron chi connectivity index (χ3n) is 3.14. The van der Waals surface area contributed by atoms with Gasteiger partial charge in [0.05, 0.1) is 5.56 Å². The van der Waals surface area contributed by atoms with Crippen molar-refractivity contribution in [1.29, 1.82) is 0 Å². The highest BCUT2D eigenvalue weighted by atomic mass is 16.5. The Morgan fingerprint density at radius 1 is 1.10 bits per heavy atom. The fraction of sp³-hybridized carbons (Fsp3) is 0.235. The van der Waals surface area contributed by atoms with Gasteiger partial charge in [-0.3, -0.25) is 4.90 Å². The first kappa shape index (κ1) is 15.1. The Kier molecular flexibility index (Phi) is 5.35. The number of ether oxygens (including phenoxy) is 1. The van der Waals surface area contributed by atoms with Crippen molar-refractivity contribution in [2.75, 3.05) is 20.2 Å². The van der Waals surface area contributed by atoms with E-state index in [0.29, 0.717) is 12.2 Å². The van der Waals surface area contributed by atoms with E-state index in [-0.39, 0.29) is 0 Å². The van der Waals surface area contributed by atoms with Crippen LogP contribution in [0, 0.1) is 0 Å². The van der Waals surface area contributed by atoms with Crippen LogP contribution >= 0.6 is 0 Å². The molecule has 0 heterocycles. The first-order valence-electron chi connectivity index (χ1n) is 6.84. The molecule has 0 aliphatic carbocycles. The number of likely N-dealkylation sites (N-methyl/N-ethyl adjacent to an activating group) is 1. The van der Waals surface area contributed by atoms with Gasteiger partial charge in [0.2, 0.25) is 0 Å². The van der Waals surface area contributed by atoms with Crippen LogP contribution < -0.4 is 4.74 Å². The minimum Gasteiger partial charge on any atom is -0.492 e. The minimum atomic E-state index is -0.897. The third-order valence-corrected chi connectivity index (χ3v) is 3.14. The number of carboxylic acid groups (broad SMARTS) is 1. The van der Waals surface area contributed by atoms with E-state index in [0.717, 1.165) is 24.4 Å². The van der Waals surface area contributed by atoms with Gasteiger partial charge in [0.15, 0.2) is 0 Å². The molecule has 0 saturated heterocycles. The summed E-state index contributed by atoms with van der Waals surface area (Å²) in [6, 6.07) is 16.7. The predicted molar refractivity (Wildman–Crippen MR) is 81.7 cm³/mol.